The van der Waals surface area contributed by atoms with Crippen LogP contribution >= 0.6 is 11.8 Å². The lowest BCUT2D eigenvalue weighted by Gasteiger charge is -2.17. The number of nitrogens with zero attached hydrogens (tertiary/aromatic N) is 2. The standard InChI is InChI=1S/C27H27N3O4S/c1-3-34-23-11-7-10-21(16-23)30-25(31)17-24(26(30)32)35-27(29-20-8-5-4-6-9-20)28-18-19-12-14-22(33-2)15-13-19/h4-16,24H,3,17-18H2,1-2H3,(H,28,29). The number of para-hydroxylation sites is 1. The van der Waals surface area contributed by atoms with Gasteiger partial charge in [-0.25, -0.2) is 4.90 Å². The van der Waals surface area contributed by atoms with Crippen molar-refractivity contribution in [1.29, 1.82) is 0 Å². The molecule has 1 fully saturated rings. The van der Waals surface area contributed by atoms with Crippen molar-refractivity contribution in [2.75, 3.05) is 23.9 Å². The summed E-state index contributed by atoms with van der Waals surface area (Å²) in [4.78, 5) is 32.1. The summed E-state index contributed by atoms with van der Waals surface area (Å²) in [5.74, 6) is 0.892. The van der Waals surface area contributed by atoms with E-state index in [0.29, 0.717) is 29.8 Å². The molecule has 0 aromatic heterocycles. The molecule has 8 heteroatoms. The molecule has 1 saturated heterocycles. The molecular weight excluding hydrogens is 462 g/mol. The number of amidine groups is 1. The van der Waals surface area contributed by atoms with E-state index in [0.717, 1.165) is 17.0 Å². The first kappa shape index (κ1) is 24.3. The topological polar surface area (TPSA) is 80.2 Å². The molecule has 1 heterocycles. The van der Waals surface area contributed by atoms with E-state index in [-0.39, 0.29) is 18.2 Å². The number of carbonyl (C=O) groups excluding carboxylic acids is 2. The number of aliphatic imine (C=N–C) groups is 1. The second-order valence-electron chi connectivity index (χ2n) is 7.77. The SMILES string of the molecule is CCOc1cccc(N2C(=O)CC(SC(=NCc3ccc(OC)cc3)Nc3ccccc3)C2=O)c1. The second kappa shape index (κ2) is 11.6. The number of hydrogen-bond donors (Lipinski definition) is 1. The Hall–Kier alpha value is -3.78. The van der Waals surface area contributed by atoms with Crippen LogP contribution in [0.15, 0.2) is 83.9 Å². The summed E-state index contributed by atoms with van der Waals surface area (Å²) in [5.41, 5.74) is 2.37. The van der Waals surface area contributed by atoms with Crippen LogP contribution in [-0.2, 0) is 16.1 Å². The molecule has 1 atom stereocenters. The van der Waals surface area contributed by atoms with Gasteiger partial charge in [-0.2, -0.15) is 0 Å². The van der Waals surface area contributed by atoms with Gasteiger partial charge in [0.1, 0.15) is 16.7 Å². The lowest BCUT2D eigenvalue weighted by molar-refractivity contribution is -0.121. The molecule has 3 aromatic rings. The molecule has 4 rings (SSSR count). The second-order valence-corrected chi connectivity index (χ2v) is 8.96. The molecule has 7 nitrogen and oxygen atoms in total. The summed E-state index contributed by atoms with van der Waals surface area (Å²) in [5, 5.41) is 3.29. The minimum absolute atomic E-state index is 0.0976. The van der Waals surface area contributed by atoms with Gasteiger partial charge in [0, 0.05) is 18.2 Å². The molecule has 0 saturated carbocycles. The van der Waals surface area contributed by atoms with Gasteiger partial charge in [-0.3, -0.25) is 14.6 Å². The normalized spacial score (nSPS) is 15.9. The summed E-state index contributed by atoms with van der Waals surface area (Å²) in [6.45, 7) is 2.81. The van der Waals surface area contributed by atoms with Crippen LogP contribution in [-0.4, -0.2) is 35.9 Å². The Kier molecular flexibility index (Phi) is 8.05. The Labute approximate surface area is 209 Å². The first-order chi connectivity index (χ1) is 17.1. The molecule has 1 aliphatic heterocycles. The summed E-state index contributed by atoms with van der Waals surface area (Å²) in [6, 6.07) is 24.3. The van der Waals surface area contributed by atoms with Crippen LogP contribution in [0.25, 0.3) is 0 Å². The minimum atomic E-state index is -0.580. The maximum atomic E-state index is 13.3. The monoisotopic (exact) mass is 489 g/mol. The highest BCUT2D eigenvalue weighted by Crippen LogP contribution is 2.32. The zero-order valence-corrected chi connectivity index (χ0v) is 20.5. The Balaban J connectivity index is 1.53. The Morgan fingerprint density at radius 3 is 2.51 bits per heavy atom. The fourth-order valence-electron chi connectivity index (χ4n) is 3.63. The van der Waals surface area contributed by atoms with Crippen LogP contribution in [0.1, 0.15) is 18.9 Å². The molecule has 3 aromatic carbocycles. The van der Waals surface area contributed by atoms with Crippen molar-refractivity contribution >= 4 is 40.1 Å². The minimum Gasteiger partial charge on any atom is -0.497 e. The van der Waals surface area contributed by atoms with Crippen molar-refractivity contribution < 1.29 is 19.1 Å². The van der Waals surface area contributed by atoms with Crippen LogP contribution in [0.5, 0.6) is 11.5 Å². The number of nitrogens with one attached hydrogen (secondary N) is 1. The van der Waals surface area contributed by atoms with E-state index >= 15 is 0 Å². The van der Waals surface area contributed by atoms with E-state index < -0.39 is 5.25 Å². The highest BCUT2D eigenvalue weighted by atomic mass is 32.2. The first-order valence-corrected chi connectivity index (χ1v) is 12.2. The quantitative estimate of drug-likeness (QED) is 0.269. The maximum Gasteiger partial charge on any atom is 0.247 e. The lowest BCUT2D eigenvalue weighted by atomic mass is 10.2. The molecule has 35 heavy (non-hydrogen) atoms. The van der Waals surface area contributed by atoms with Crippen molar-refractivity contribution in [3.8, 4) is 11.5 Å². The number of rotatable bonds is 8. The summed E-state index contributed by atoms with van der Waals surface area (Å²) in [7, 11) is 1.63. The number of ether oxygens (including phenoxy) is 2. The number of anilines is 2. The third-order valence-corrected chi connectivity index (χ3v) is 6.44. The summed E-state index contributed by atoms with van der Waals surface area (Å²) in [6.07, 6.45) is 0.0976. The van der Waals surface area contributed by atoms with Crippen molar-refractivity contribution in [2.45, 2.75) is 25.1 Å². The fourth-order valence-corrected chi connectivity index (χ4v) is 4.64. The molecule has 0 aliphatic carbocycles. The van der Waals surface area contributed by atoms with Gasteiger partial charge in [-0.15, -0.1) is 0 Å². The largest absolute Gasteiger partial charge is 0.497 e. The van der Waals surface area contributed by atoms with Crippen molar-refractivity contribution in [2.24, 2.45) is 4.99 Å². The summed E-state index contributed by atoms with van der Waals surface area (Å²) < 4.78 is 10.7. The maximum absolute atomic E-state index is 13.3. The molecule has 1 aliphatic rings. The van der Waals surface area contributed by atoms with Crippen LogP contribution in [0, 0.1) is 0 Å². The van der Waals surface area contributed by atoms with Crippen LogP contribution in [0.2, 0.25) is 0 Å². The van der Waals surface area contributed by atoms with Crippen LogP contribution in [0.3, 0.4) is 0 Å². The molecule has 0 spiro atoms. The number of hydrogen-bond acceptors (Lipinski definition) is 6. The zero-order chi connectivity index (χ0) is 24.6. The van der Waals surface area contributed by atoms with Gasteiger partial charge in [-0.05, 0) is 48.9 Å². The molecule has 180 valence electrons. The Morgan fingerprint density at radius 2 is 1.80 bits per heavy atom. The van der Waals surface area contributed by atoms with Gasteiger partial charge >= 0.3 is 0 Å². The van der Waals surface area contributed by atoms with Crippen molar-refractivity contribution in [1.82, 2.24) is 0 Å². The van der Waals surface area contributed by atoms with E-state index in [4.69, 9.17) is 14.5 Å². The van der Waals surface area contributed by atoms with E-state index in [1.807, 2.05) is 61.5 Å². The molecule has 1 unspecified atom stereocenters. The van der Waals surface area contributed by atoms with Crippen molar-refractivity contribution in [3.05, 3.63) is 84.4 Å². The van der Waals surface area contributed by atoms with Crippen molar-refractivity contribution in [3.63, 3.8) is 0 Å². The Bertz CT molecular complexity index is 1200. The lowest BCUT2D eigenvalue weighted by Crippen LogP contribution is -2.31. The van der Waals surface area contributed by atoms with Gasteiger partial charge < -0.3 is 14.8 Å². The zero-order valence-electron chi connectivity index (χ0n) is 19.6. The van der Waals surface area contributed by atoms with Gasteiger partial charge in [0.25, 0.3) is 0 Å². The number of benzene rings is 3. The average Bonchev–Trinajstić information content (AvgIpc) is 3.16. The highest BCUT2D eigenvalue weighted by Gasteiger charge is 2.41. The van der Waals surface area contributed by atoms with E-state index in [2.05, 4.69) is 5.32 Å². The van der Waals surface area contributed by atoms with Gasteiger partial charge in [0.2, 0.25) is 11.8 Å². The fraction of sp³-hybridized carbons (Fsp3) is 0.222. The summed E-state index contributed by atoms with van der Waals surface area (Å²) >= 11 is 1.27. The molecule has 0 radical (unpaired) electrons. The predicted octanol–water partition coefficient (Wildman–Crippen LogP) is 5.13. The third-order valence-electron chi connectivity index (χ3n) is 5.34. The van der Waals surface area contributed by atoms with Gasteiger partial charge in [0.05, 0.1) is 25.9 Å². The van der Waals surface area contributed by atoms with Crippen LogP contribution < -0.4 is 19.7 Å². The first-order valence-electron chi connectivity index (χ1n) is 11.3. The average molecular weight is 490 g/mol. The smallest absolute Gasteiger partial charge is 0.247 e. The number of amides is 2. The number of methoxy groups -OCH3 is 1. The highest BCUT2D eigenvalue weighted by molar-refractivity contribution is 8.15. The molecular formula is C27H27N3O4S. The van der Waals surface area contributed by atoms with Gasteiger partial charge in [-0.1, -0.05) is 48.2 Å². The predicted molar refractivity (Wildman–Crippen MR) is 140 cm³/mol. The van der Waals surface area contributed by atoms with E-state index in [1.165, 1.54) is 16.7 Å². The number of carbonyl (C=O) groups is 2. The molecule has 0 bridgehead atoms. The number of imide groups is 1. The Morgan fingerprint density at radius 1 is 1.03 bits per heavy atom. The van der Waals surface area contributed by atoms with Gasteiger partial charge in [0.15, 0.2) is 5.17 Å². The van der Waals surface area contributed by atoms with E-state index in [9.17, 15) is 9.59 Å². The van der Waals surface area contributed by atoms with E-state index in [1.54, 1.807) is 31.4 Å². The number of thioether (sulfide) groups is 1. The van der Waals surface area contributed by atoms with Crippen LogP contribution in [0.4, 0.5) is 11.4 Å². The third kappa shape index (κ3) is 6.22. The molecule has 2 amide bonds. The molecule has 1 N–H and O–H groups in total.